The summed E-state index contributed by atoms with van der Waals surface area (Å²) in [4.78, 5) is 39.7. The Balaban J connectivity index is 1.62. The van der Waals surface area contributed by atoms with Crippen LogP contribution in [-0.4, -0.2) is 44.9 Å². The van der Waals surface area contributed by atoms with Gasteiger partial charge in [0.05, 0.1) is 35.4 Å². The van der Waals surface area contributed by atoms with Gasteiger partial charge in [0.1, 0.15) is 5.00 Å². The maximum absolute atomic E-state index is 13.2. The van der Waals surface area contributed by atoms with Gasteiger partial charge in [-0.25, -0.2) is 13.2 Å². The van der Waals surface area contributed by atoms with E-state index < -0.39 is 27.9 Å². The first kappa shape index (κ1) is 25.2. The lowest BCUT2D eigenvalue weighted by Gasteiger charge is -2.25. The van der Waals surface area contributed by atoms with E-state index in [9.17, 15) is 22.8 Å². The minimum absolute atomic E-state index is 0.0559. The number of fused-ring (bicyclic) bond motifs is 1. The molecule has 1 aliphatic rings. The molecule has 1 aliphatic heterocycles. The maximum Gasteiger partial charge on any atom is 0.409 e. The predicted octanol–water partition coefficient (Wildman–Crippen LogP) is 3.33. The summed E-state index contributed by atoms with van der Waals surface area (Å²) in [5.41, 5.74) is 7.54. The zero-order chi connectivity index (χ0) is 26.0. The van der Waals surface area contributed by atoms with Gasteiger partial charge < -0.3 is 20.7 Å². The van der Waals surface area contributed by atoms with Crippen molar-refractivity contribution in [2.24, 2.45) is 5.73 Å². The summed E-state index contributed by atoms with van der Waals surface area (Å²) < 4.78 is 33.0. The molecule has 0 bridgehead atoms. The van der Waals surface area contributed by atoms with Crippen LogP contribution in [0, 0.1) is 6.92 Å². The van der Waals surface area contributed by atoms with Gasteiger partial charge in [-0.05, 0) is 43.2 Å². The lowest BCUT2D eigenvalue weighted by atomic mass is 10.0. The molecule has 36 heavy (non-hydrogen) atoms. The Labute approximate surface area is 212 Å². The number of methoxy groups -OCH3 is 1. The highest BCUT2D eigenvalue weighted by atomic mass is 32.2. The Hall–Kier alpha value is -3.90. The molecule has 0 radical (unpaired) electrons. The first-order chi connectivity index (χ1) is 17.1. The van der Waals surface area contributed by atoms with Crippen molar-refractivity contribution in [2.45, 2.75) is 24.8 Å². The third-order valence-corrected chi connectivity index (χ3v) is 8.22. The molecule has 2 heterocycles. The number of nitrogens with one attached hydrogen (secondary N) is 2. The zero-order valence-corrected chi connectivity index (χ0v) is 21.2. The van der Waals surface area contributed by atoms with Gasteiger partial charge in [0.2, 0.25) is 0 Å². The molecule has 0 atom stereocenters. The number of rotatable bonds is 6. The molecular formula is C24H24N4O6S2. The molecule has 4 N–H and O–H groups in total. The molecule has 3 amide bonds. The molecule has 0 fully saturated rings. The second kappa shape index (κ2) is 9.99. The number of carbonyl (C=O) groups is 3. The molecule has 10 nitrogen and oxygen atoms in total. The Morgan fingerprint density at radius 1 is 1.08 bits per heavy atom. The molecule has 0 spiro atoms. The number of para-hydroxylation sites is 1. The van der Waals surface area contributed by atoms with Crippen LogP contribution in [0.2, 0.25) is 0 Å². The Kier molecular flexibility index (Phi) is 7.00. The van der Waals surface area contributed by atoms with Gasteiger partial charge in [0, 0.05) is 11.4 Å². The van der Waals surface area contributed by atoms with Crippen molar-refractivity contribution in [2.75, 3.05) is 23.7 Å². The van der Waals surface area contributed by atoms with Crippen LogP contribution in [0.25, 0.3) is 0 Å². The van der Waals surface area contributed by atoms with Crippen LogP contribution >= 0.6 is 11.3 Å². The third-order valence-electron chi connectivity index (χ3n) is 5.71. The van der Waals surface area contributed by atoms with Crippen LogP contribution in [0.4, 0.5) is 15.5 Å². The topological polar surface area (TPSA) is 148 Å². The summed E-state index contributed by atoms with van der Waals surface area (Å²) in [5.74, 6) is -1.33. The number of nitrogens with two attached hydrogens (primary N) is 1. The van der Waals surface area contributed by atoms with Gasteiger partial charge in [-0.3, -0.25) is 14.3 Å². The number of anilines is 2. The number of benzene rings is 2. The van der Waals surface area contributed by atoms with Gasteiger partial charge in [-0.1, -0.05) is 29.8 Å². The SMILES string of the molecule is COC(=O)N1CCc2c(sc(NC(=O)c3ccccc3NS(=O)(=O)c3ccc(C)cc3)c2C(N)=O)C1. The molecule has 1 aromatic heterocycles. The van der Waals surface area contributed by atoms with Gasteiger partial charge in [-0.15, -0.1) is 11.3 Å². The Bertz CT molecular complexity index is 1450. The molecule has 188 valence electrons. The number of aryl methyl sites for hydroxylation is 1. The monoisotopic (exact) mass is 528 g/mol. The van der Waals surface area contributed by atoms with Gasteiger partial charge in [0.25, 0.3) is 21.8 Å². The summed E-state index contributed by atoms with van der Waals surface area (Å²) in [6, 6.07) is 12.5. The number of hydrogen-bond acceptors (Lipinski definition) is 7. The summed E-state index contributed by atoms with van der Waals surface area (Å²) in [6.45, 7) is 2.41. The number of ether oxygens (including phenoxy) is 1. The van der Waals surface area contributed by atoms with Crippen LogP contribution in [0.3, 0.4) is 0 Å². The van der Waals surface area contributed by atoms with Crippen molar-refractivity contribution < 1.29 is 27.5 Å². The highest BCUT2D eigenvalue weighted by Crippen LogP contribution is 2.37. The van der Waals surface area contributed by atoms with Crippen molar-refractivity contribution in [1.82, 2.24) is 4.90 Å². The fourth-order valence-corrected chi connectivity index (χ4v) is 6.24. The van der Waals surface area contributed by atoms with Crippen molar-refractivity contribution in [1.29, 1.82) is 0 Å². The highest BCUT2D eigenvalue weighted by molar-refractivity contribution is 7.92. The first-order valence-corrected chi connectivity index (χ1v) is 13.2. The predicted molar refractivity (Wildman–Crippen MR) is 136 cm³/mol. The van der Waals surface area contributed by atoms with Crippen LogP contribution < -0.4 is 15.8 Å². The fraction of sp³-hybridized carbons (Fsp3) is 0.208. The van der Waals surface area contributed by atoms with E-state index in [1.54, 1.807) is 24.3 Å². The number of hydrogen-bond donors (Lipinski definition) is 3. The van der Waals surface area contributed by atoms with E-state index in [-0.39, 0.29) is 33.3 Å². The van der Waals surface area contributed by atoms with Crippen LogP contribution in [-0.2, 0) is 27.7 Å². The van der Waals surface area contributed by atoms with E-state index in [2.05, 4.69) is 10.0 Å². The van der Waals surface area contributed by atoms with Crippen molar-refractivity contribution >= 4 is 50.0 Å². The van der Waals surface area contributed by atoms with Gasteiger partial charge >= 0.3 is 6.09 Å². The van der Waals surface area contributed by atoms with E-state index >= 15 is 0 Å². The molecule has 3 aromatic rings. The molecule has 0 aliphatic carbocycles. The van der Waals surface area contributed by atoms with Crippen LogP contribution in [0.15, 0.2) is 53.4 Å². The van der Waals surface area contributed by atoms with Crippen molar-refractivity contribution in [3.8, 4) is 0 Å². The standard InChI is InChI=1S/C24H24N4O6S2/c1-14-7-9-15(10-8-14)36(32,33)27-18-6-4-3-5-16(18)22(30)26-23-20(21(25)29)17-11-12-28(24(31)34-2)13-19(17)35-23/h3-10,27H,11-13H2,1-2H3,(H2,25,29)(H,26,30). The average molecular weight is 529 g/mol. The van der Waals surface area contributed by atoms with E-state index in [4.69, 9.17) is 10.5 Å². The first-order valence-electron chi connectivity index (χ1n) is 10.9. The number of carbonyl (C=O) groups excluding carboxylic acids is 3. The average Bonchev–Trinajstić information content (AvgIpc) is 3.21. The smallest absolute Gasteiger partial charge is 0.409 e. The molecule has 4 rings (SSSR count). The minimum atomic E-state index is -3.95. The molecular weight excluding hydrogens is 504 g/mol. The number of thiophene rings is 1. The van der Waals surface area contributed by atoms with Gasteiger partial charge in [-0.2, -0.15) is 0 Å². The molecule has 2 aromatic carbocycles. The largest absolute Gasteiger partial charge is 0.453 e. The molecule has 0 unspecified atom stereocenters. The van der Waals surface area contributed by atoms with Crippen molar-refractivity contribution in [3.63, 3.8) is 0 Å². The highest BCUT2D eigenvalue weighted by Gasteiger charge is 2.30. The van der Waals surface area contributed by atoms with E-state index in [0.717, 1.165) is 16.9 Å². The molecule has 0 saturated carbocycles. The minimum Gasteiger partial charge on any atom is -0.453 e. The van der Waals surface area contributed by atoms with Crippen molar-refractivity contribution in [3.05, 3.63) is 75.7 Å². The van der Waals surface area contributed by atoms with E-state index in [1.165, 1.54) is 36.3 Å². The van der Waals surface area contributed by atoms with E-state index in [1.807, 2.05) is 6.92 Å². The lowest BCUT2D eigenvalue weighted by molar-refractivity contribution is 0.0999. The molecule has 12 heteroatoms. The normalized spacial score (nSPS) is 13.0. The lowest BCUT2D eigenvalue weighted by Crippen LogP contribution is -2.35. The summed E-state index contributed by atoms with van der Waals surface area (Å²) in [7, 11) is -2.66. The zero-order valence-electron chi connectivity index (χ0n) is 19.5. The number of nitrogens with zero attached hydrogens (tertiary/aromatic N) is 1. The summed E-state index contributed by atoms with van der Waals surface area (Å²) in [6.07, 6.45) is -0.114. The number of sulfonamides is 1. The Morgan fingerprint density at radius 2 is 1.78 bits per heavy atom. The quantitative estimate of drug-likeness (QED) is 0.447. The number of amides is 3. The summed E-state index contributed by atoms with van der Waals surface area (Å²) in [5, 5.41) is 2.94. The summed E-state index contributed by atoms with van der Waals surface area (Å²) >= 11 is 1.14. The van der Waals surface area contributed by atoms with Crippen LogP contribution in [0.1, 0.15) is 36.7 Å². The fourth-order valence-electron chi connectivity index (χ4n) is 3.90. The maximum atomic E-state index is 13.2. The van der Waals surface area contributed by atoms with Crippen LogP contribution in [0.5, 0.6) is 0 Å². The second-order valence-electron chi connectivity index (χ2n) is 8.13. The van der Waals surface area contributed by atoms with E-state index in [0.29, 0.717) is 23.4 Å². The number of primary amides is 1. The third kappa shape index (κ3) is 5.04. The second-order valence-corrected chi connectivity index (χ2v) is 10.9. The Morgan fingerprint density at radius 3 is 2.44 bits per heavy atom. The van der Waals surface area contributed by atoms with Gasteiger partial charge in [0.15, 0.2) is 0 Å². The molecule has 0 saturated heterocycles.